The van der Waals surface area contributed by atoms with Crippen molar-refractivity contribution < 1.29 is 9.32 Å². The predicted octanol–water partition coefficient (Wildman–Crippen LogP) is 3.46. The quantitative estimate of drug-likeness (QED) is 0.453. The molecule has 0 unspecified atom stereocenters. The molecule has 174 valence electrons. The first-order chi connectivity index (χ1) is 16.5. The summed E-state index contributed by atoms with van der Waals surface area (Å²) < 4.78 is 7.07. The first-order valence-corrected chi connectivity index (χ1v) is 11.5. The highest BCUT2D eigenvalue weighted by atomic mass is 16.5. The Labute approximate surface area is 198 Å². The summed E-state index contributed by atoms with van der Waals surface area (Å²) in [5, 5.41) is 3.95. The first kappa shape index (κ1) is 21.8. The number of benzene rings is 1. The van der Waals surface area contributed by atoms with E-state index in [2.05, 4.69) is 57.1 Å². The number of aryl methyl sites for hydroxylation is 3. The zero-order valence-electron chi connectivity index (χ0n) is 19.6. The van der Waals surface area contributed by atoms with E-state index >= 15 is 0 Å². The Morgan fingerprint density at radius 1 is 1.06 bits per heavy atom. The van der Waals surface area contributed by atoms with E-state index in [4.69, 9.17) is 4.52 Å². The number of hydrogen-bond donors (Lipinski definition) is 0. The molecular weight excluding hydrogens is 430 g/mol. The van der Waals surface area contributed by atoms with Crippen molar-refractivity contribution in [2.24, 2.45) is 0 Å². The number of rotatable bonds is 5. The Kier molecular flexibility index (Phi) is 5.83. The van der Waals surface area contributed by atoms with Gasteiger partial charge in [-0.05, 0) is 37.6 Å². The van der Waals surface area contributed by atoms with E-state index in [9.17, 15) is 4.79 Å². The Morgan fingerprint density at radius 2 is 1.88 bits per heavy atom. The minimum atomic E-state index is -0.0697. The third-order valence-corrected chi connectivity index (χ3v) is 6.10. The number of piperazine rings is 1. The number of nitrogens with zero attached hydrogens (tertiary/aromatic N) is 7. The first-order valence-electron chi connectivity index (χ1n) is 11.5. The molecule has 34 heavy (non-hydrogen) atoms. The van der Waals surface area contributed by atoms with Crippen LogP contribution in [-0.4, -0.2) is 61.7 Å². The van der Waals surface area contributed by atoms with E-state index in [-0.39, 0.29) is 5.91 Å². The molecule has 1 aliphatic rings. The number of hydrogen-bond acceptors (Lipinski definition) is 7. The fourth-order valence-electron chi connectivity index (χ4n) is 4.24. The van der Waals surface area contributed by atoms with Crippen LogP contribution in [0.1, 0.15) is 34.4 Å². The van der Waals surface area contributed by atoms with Crippen molar-refractivity contribution in [1.82, 2.24) is 29.6 Å². The maximum Gasteiger partial charge on any atom is 0.274 e. The Hall–Kier alpha value is -4.01. The number of imidazole rings is 1. The lowest BCUT2D eigenvalue weighted by molar-refractivity contribution is 0.0741. The molecule has 5 rings (SSSR count). The smallest absolute Gasteiger partial charge is 0.274 e. The predicted molar refractivity (Wildman–Crippen MR) is 128 cm³/mol. The molecule has 0 radical (unpaired) electrons. The minimum Gasteiger partial charge on any atom is -0.368 e. The van der Waals surface area contributed by atoms with Gasteiger partial charge >= 0.3 is 0 Å². The number of amides is 1. The average molecular weight is 458 g/mol. The molecular formula is C25H27N7O2. The molecule has 0 bridgehead atoms. The van der Waals surface area contributed by atoms with Crippen LogP contribution >= 0.6 is 0 Å². The van der Waals surface area contributed by atoms with Crippen LogP contribution in [-0.2, 0) is 6.42 Å². The summed E-state index contributed by atoms with van der Waals surface area (Å²) >= 11 is 0. The SMILES string of the molecule is CCc1noc(-c2ccnc(-n3cnc(C(=O)N4CCN(c5ccc(C)cc5C)CC4)c3)c2)n1. The van der Waals surface area contributed by atoms with Crippen LogP contribution in [0.25, 0.3) is 17.3 Å². The second-order valence-electron chi connectivity index (χ2n) is 8.51. The van der Waals surface area contributed by atoms with Gasteiger partial charge in [0.05, 0.1) is 0 Å². The summed E-state index contributed by atoms with van der Waals surface area (Å²) in [7, 11) is 0. The maximum absolute atomic E-state index is 13.1. The number of anilines is 1. The molecule has 0 saturated carbocycles. The van der Waals surface area contributed by atoms with Gasteiger partial charge in [0.25, 0.3) is 11.8 Å². The molecule has 0 N–H and O–H groups in total. The Balaban J connectivity index is 1.27. The standard InChI is InChI=1S/C25H27N7O2/c1-4-22-28-24(34-29-22)19-7-8-26-23(14-19)32-15-20(27-16-32)25(33)31-11-9-30(10-12-31)21-6-5-17(2)13-18(21)3/h5-8,13-16H,4,9-12H2,1-3H3. The zero-order valence-corrected chi connectivity index (χ0v) is 19.6. The summed E-state index contributed by atoms with van der Waals surface area (Å²) in [6, 6.07) is 10.2. The van der Waals surface area contributed by atoms with E-state index in [1.54, 1.807) is 23.3 Å². The van der Waals surface area contributed by atoms with Gasteiger partial charge in [0.2, 0.25) is 0 Å². The normalized spacial score (nSPS) is 14.0. The van der Waals surface area contributed by atoms with Crippen molar-refractivity contribution in [2.45, 2.75) is 27.2 Å². The van der Waals surface area contributed by atoms with Gasteiger partial charge in [-0.25, -0.2) is 9.97 Å². The molecule has 4 heterocycles. The van der Waals surface area contributed by atoms with Crippen LogP contribution in [0.5, 0.6) is 0 Å². The van der Waals surface area contributed by atoms with Crippen LogP contribution in [0, 0.1) is 13.8 Å². The lowest BCUT2D eigenvalue weighted by Crippen LogP contribution is -2.49. The highest BCUT2D eigenvalue weighted by molar-refractivity contribution is 5.92. The molecule has 3 aromatic heterocycles. The molecule has 9 heteroatoms. The molecule has 0 spiro atoms. The van der Waals surface area contributed by atoms with E-state index in [0.29, 0.717) is 42.7 Å². The summed E-state index contributed by atoms with van der Waals surface area (Å²) in [6.07, 6.45) is 5.70. The maximum atomic E-state index is 13.1. The Bertz CT molecular complexity index is 1320. The van der Waals surface area contributed by atoms with Crippen LogP contribution in [0.3, 0.4) is 0 Å². The fourth-order valence-corrected chi connectivity index (χ4v) is 4.24. The van der Waals surface area contributed by atoms with Crippen LogP contribution in [0.4, 0.5) is 5.69 Å². The minimum absolute atomic E-state index is 0.0697. The van der Waals surface area contributed by atoms with E-state index in [0.717, 1.165) is 18.7 Å². The zero-order chi connectivity index (χ0) is 23.7. The summed E-state index contributed by atoms with van der Waals surface area (Å²) in [4.78, 5) is 30.4. The van der Waals surface area contributed by atoms with Gasteiger partial charge < -0.3 is 14.3 Å². The molecule has 4 aromatic rings. The monoisotopic (exact) mass is 457 g/mol. The van der Waals surface area contributed by atoms with Crippen molar-refractivity contribution in [3.05, 3.63) is 71.7 Å². The van der Waals surface area contributed by atoms with Crippen molar-refractivity contribution in [3.8, 4) is 17.3 Å². The summed E-state index contributed by atoms with van der Waals surface area (Å²) in [6.45, 7) is 9.11. The second-order valence-corrected chi connectivity index (χ2v) is 8.51. The lowest BCUT2D eigenvalue weighted by atomic mass is 10.1. The third kappa shape index (κ3) is 4.28. The molecule has 1 fully saturated rings. The lowest BCUT2D eigenvalue weighted by Gasteiger charge is -2.36. The molecule has 1 aromatic carbocycles. The van der Waals surface area contributed by atoms with Gasteiger partial charge in [-0.3, -0.25) is 9.36 Å². The van der Waals surface area contributed by atoms with Crippen molar-refractivity contribution in [2.75, 3.05) is 31.1 Å². The van der Waals surface area contributed by atoms with Crippen LogP contribution < -0.4 is 4.90 Å². The van der Waals surface area contributed by atoms with Gasteiger partial charge in [0, 0.05) is 56.2 Å². The third-order valence-electron chi connectivity index (χ3n) is 6.10. The number of pyridine rings is 1. The number of carbonyl (C=O) groups excluding carboxylic acids is 1. The van der Waals surface area contributed by atoms with Crippen LogP contribution in [0.15, 0.2) is 53.6 Å². The van der Waals surface area contributed by atoms with E-state index in [1.165, 1.54) is 16.8 Å². The van der Waals surface area contributed by atoms with Crippen LogP contribution in [0.2, 0.25) is 0 Å². The summed E-state index contributed by atoms with van der Waals surface area (Å²) in [5.74, 6) is 1.65. The molecule has 9 nitrogen and oxygen atoms in total. The van der Waals surface area contributed by atoms with E-state index in [1.807, 2.05) is 24.0 Å². The van der Waals surface area contributed by atoms with Crippen molar-refractivity contribution in [1.29, 1.82) is 0 Å². The molecule has 0 atom stereocenters. The van der Waals surface area contributed by atoms with Crippen molar-refractivity contribution in [3.63, 3.8) is 0 Å². The molecule has 1 aliphatic heterocycles. The fraction of sp³-hybridized carbons (Fsp3) is 0.320. The van der Waals surface area contributed by atoms with E-state index < -0.39 is 0 Å². The van der Waals surface area contributed by atoms with Gasteiger partial charge in [0.1, 0.15) is 17.8 Å². The number of carbonyl (C=O) groups is 1. The molecule has 1 saturated heterocycles. The van der Waals surface area contributed by atoms with Crippen molar-refractivity contribution >= 4 is 11.6 Å². The topological polar surface area (TPSA) is 93.2 Å². The second kappa shape index (κ2) is 9.09. The highest BCUT2D eigenvalue weighted by Gasteiger charge is 2.24. The summed E-state index contributed by atoms with van der Waals surface area (Å²) in [5.41, 5.74) is 4.92. The van der Waals surface area contributed by atoms with Gasteiger partial charge in [0.15, 0.2) is 5.82 Å². The number of aromatic nitrogens is 5. The molecule has 1 amide bonds. The largest absolute Gasteiger partial charge is 0.368 e. The van der Waals surface area contributed by atoms with Gasteiger partial charge in [-0.1, -0.05) is 29.8 Å². The van der Waals surface area contributed by atoms with Gasteiger partial charge in [-0.15, -0.1) is 0 Å². The average Bonchev–Trinajstić information content (AvgIpc) is 3.54. The molecule has 0 aliphatic carbocycles. The Morgan fingerprint density at radius 3 is 2.62 bits per heavy atom. The van der Waals surface area contributed by atoms with Gasteiger partial charge in [-0.2, -0.15) is 4.98 Å². The highest BCUT2D eigenvalue weighted by Crippen LogP contribution is 2.23.